The molecule has 3 heterocycles. The van der Waals surface area contributed by atoms with Crippen LogP contribution in [0.4, 0.5) is 19.0 Å². The first-order valence-electron chi connectivity index (χ1n) is 10.7. The molecule has 0 amide bonds. The molecule has 1 fully saturated rings. The normalized spacial score (nSPS) is 17.9. The lowest BCUT2D eigenvalue weighted by Crippen LogP contribution is -2.47. The Morgan fingerprint density at radius 2 is 1.94 bits per heavy atom. The Morgan fingerprint density at radius 1 is 1.15 bits per heavy atom. The maximum atomic E-state index is 13.0. The number of aromatic nitrogens is 3. The summed E-state index contributed by atoms with van der Waals surface area (Å²) >= 11 is 0. The van der Waals surface area contributed by atoms with Crippen LogP contribution in [0.1, 0.15) is 32.3 Å². The fourth-order valence-corrected chi connectivity index (χ4v) is 4.27. The quantitative estimate of drug-likeness (QED) is 0.527. The standard InChI is InChI=1S/C23H26F3N5O2/c1-22(2,33)13-31-9-3-4-15(12-31)28-21-18-11-27-8-7-16(18)20(29-30-21)17-6-5-14(10-19(17)32)23(24,25)26/h5-8,10-11,15,32-33H,3-4,9,12-13H2,1-2H3,(H,28,30)/t15-/m1/s1. The van der Waals surface area contributed by atoms with Gasteiger partial charge in [-0.1, -0.05) is 0 Å². The fraction of sp³-hybridized carbons (Fsp3) is 0.435. The topological polar surface area (TPSA) is 94.4 Å². The highest BCUT2D eigenvalue weighted by atomic mass is 19.4. The first-order chi connectivity index (χ1) is 15.5. The Morgan fingerprint density at radius 3 is 2.64 bits per heavy atom. The predicted molar refractivity (Wildman–Crippen MR) is 119 cm³/mol. The molecule has 0 spiro atoms. The third-order valence-corrected chi connectivity index (χ3v) is 5.62. The van der Waals surface area contributed by atoms with Gasteiger partial charge in [0.2, 0.25) is 0 Å². The molecule has 1 saturated heterocycles. The van der Waals surface area contributed by atoms with Crippen molar-refractivity contribution >= 4 is 16.6 Å². The molecule has 33 heavy (non-hydrogen) atoms. The summed E-state index contributed by atoms with van der Waals surface area (Å²) in [6.45, 7) is 5.76. The van der Waals surface area contributed by atoms with Crippen LogP contribution in [0.5, 0.6) is 5.75 Å². The Labute approximate surface area is 189 Å². The largest absolute Gasteiger partial charge is 0.507 e. The monoisotopic (exact) mass is 461 g/mol. The van der Waals surface area contributed by atoms with E-state index in [0.717, 1.165) is 32.0 Å². The summed E-state index contributed by atoms with van der Waals surface area (Å²) in [5.74, 6) is -0.00385. The van der Waals surface area contributed by atoms with Gasteiger partial charge in [0.25, 0.3) is 0 Å². The van der Waals surface area contributed by atoms with Crippen LogP contribution < -0.4 is 5.32 Å². The average Bonchev–Trinajstić information content (AvgIpc) is 2.73. The molecule has 0 saturated carbocycles. The molecule has 4 rings (SSSR count). The minimum absolute atomic E-state index is 0.0872. The summed E-state index contributed by atoms with van der Waals surface area (Å²) in [7, 11) is 0. The van der Waals surface area contributed by atoms with Crippen molar-refractivity contribution in [2.75, 3.05) is 25.0 Å². The number of rotatable bonds is 5. The molecule has 1 aliphatic rings. The number of piperidine rings is 1. The third-order valence-electron chi connectivity index (χ3n) is 5.62. The molecule has 0 radical (unpaired) electrons. The summed E-state index contributed by atoms with van der Waals surface area (Å²) < 4.78 is 38.9. The van der Waals surface area contributed by atoms with E-state index in [9.17, 15) is 23.4 Å². The van der Waals surface area contributed by atoms with Gasteiger partial charge in [0, 0.05) is 47.9 Å². The lowest BCUT2D eigenvalue weighted by Gasteiger charge is -2.36. The molecule has 1 atom stereocenters. The number of anilines is 1. The number of pyridine rings is 1. The minimum Gasteiger partial charge on any atom is -0.507 e. The van der Waals surface area contributed by atoms with Crippen LogP contribution in [0.3, 0.4) is 0 Å². The minimum atomic E-state index is -4.55. The van der Waals surface area contributed by atoms with Crippen LogP contribution in [0.25, 0.3) is 22.0 Å². The molecular weight excluding hydrogens is 435 g/mol. The number of β-amino-alcohol motifs (C(OH)–C–C–N with tert-alkyl or cyclic N) is 1. The van der Waals surface area contributed by atoms with Crippen LogP contribution in [-0.2, 0) is 6.18 Å². The van der Waals surface area contributed by atoms with Crippen molar-refractivity contribution in [3.05, 3.63) is 42.2 Å². The number of likely N-dealkylation sites (tertiary alicyclic amines) is 1. The van der Waals surface area contributed by atoms with Crippen molar-refractivity contribution in [3.63, 3.8) is 0 Å². The zero-order chi connectivity index (χ0) is 23.8. The second kappa shape index (κ2) is 8.75. The number of nitrogens with zero attached hydrogens (tertiary/aromatic N) is 4. The molecule has 0 aliphatic carbocycles. The number of phenolic OH excluding ortho intramolecular Hbond substituents is 1. The fourth-order valence-electron chi connectivity index (χ4n) is 4.27. The van der Waals surface area contributed by atoms with Crippen LogP contribution in [-0.4, -0.2) is 61.6 Å². The van der Waals surface area contributed by atoms with E-state index < -0.39 is 23.1 Å². The van der Waals surface area contributed by atoms with E-state index in [1.807, 2.05) is 0 Å². The van der Waals surface area contributed by atoms with E-state index in [1.165, 1.54) is 6.07 Å². The molecule has 2 aromatic heterocycles. The number of benzene rings is 1. The van der Waals surface area contributed by atoms with Gasteiger partial charge in [-0.15, -0.1) is 10.2 Å². The SMILES string of the molecule is CC(C)(O)CN1CCC[C@@H](Nc2nnc(-c3ccc(C(F)(F)F)cc3O)c3ccncc23)C1. The third kappa shape index (κ3) is 5.33. The molecule has 0 bridgehead atoms. The summed E-state index contributed by atoms with van der Waals surface area (Å²) in [5, 5.41) is 33.6. The van der Waals surface area contributed by atoms with Gasteiger partial charge in [-0.2, -0.15) is 13.2 Å². The highest BCUT2D eigenvalue weighted by Crippen LogP contribution is 2.38. The number of phenols is 1. The van der Waals surface area contributed by atoms with Gasteiger partial charge in [0.15, 0.2) is 5.82 Å². The van der Waals surface area contributed by atoms with Crippen molar-refractivity contribution < 1.29 is 23.4 Å². The molecule has 7 nitrogen and oxygen atoms in total. The zero-order valence-corrected chi connectivity index (χ0v) is 18.4. The van der Waals surface area contributed by atoms with E-state index in [0.29, 0.717) is 29.2 Å². The van der Waals surface area contributed by atoms with Gasteiger partial charge in [-0.05, 0) is 57.5 Å². The van der Waals surface area contributed by atoms with Gasteiger partial charge in [-0.25, -0.2) is 0 Å². The summed E-state index contributed by atoms with van der Waals surface area (Å²) in [6.07, 6.45) is 0.515. The predicted octanol–water partition coefficient (Wildman–Crippen LogP) is 4.06. The summed E-state index contributed by atoms with van der Waals surface area (Å²) in [5.41, 5.74) is -1.29. The van der Waals surface area contributed by atoms with Crippen molar-refractivity contribution in [2.45, 2.75) is 44.5 Å². The lowest BCUT2D eigenvalue weighted by atomic mass is 10.0. The summed E-state index contributed by atoms with van der Waals surface area (Å²) in [6, 6.07) is 4.59. The van der Waals surface area contributed by atoms with E-state index >= 15 is 0 Å². The lowest BCUT2D eigenvalue weighted by molar-refractivity contribution is -0.137. The summed E-state index contributed by atoms with van der Waals surface area (Å²) in [4.78, 5) is 6.37. The zero-order valence-electron chi connectivity index (χ0n) is 18.4. The van der Waals surface area contributed by atoms with Crippen molar-refractivity contribution in [2.24, 2.45) is 0 Å². The smallest absolute Gasteiger partial charge is 0.416 e. The van der Waals surface area contributed by atoms with E-state index in [4.69, 9.17) is 0 Å². The average molecular weight is 461 g/mol. The molecule has 176 valence electrons. The van der Waals surface area contributed by atoms with Crippen molar-refractivity contribution in [1.82, 2.24) is 20.1 Å². The molecule has 1 aliphatic heterocycles. The van der Waals surface area contributed by atoms with Crippen LogP contribution in [0.15, 0.2) is 36.7 Å². The molecule has 3 aromatic rings. The van der Waals surface area contributed by atoms with E-state index in [2.05, 4.69) is 25.4 Å². The molecule has 10 heteroatoms. The second-order valence-corrected chi connectivity index (χ2v) is 9.08. The Balaban J connectivity index is 1.64. The van der Waals surface area contributed by atoms with E-state index in [1.54, 1.807) is 32.3 Å². The van der Waals surface area contributed by atoms with Gasteiger partial charge in [0.1, 0.15) is 11.4 Å². The number of fused-ring (bicyclic) bond motifs is 1. The maximum Gasteiger partial charge on any atom is 0.416 e. The first-order valence-corrected chi connectivity index (χ1v) is 10.7. The Kier molecular flexibility index (Phi) is 6.15. The number of alkyl halides is 3. The first kappa shape index (κ1) is 23.2. The van der Waals surface area contributed by atoms with Gasteiger partial charge in [0.05, 0.1) is 11.2 Å². The van der Waals surface area contributed by atoms with Gasteiger partial charge < -0.3 is 15.5 Å². The Bertz CT molecular complexity index is 1150. The number of nitrogens with one attached hydrogen (secondary N) is 1. The van der Waals surface area contributed by atoms with E-state index in [-0.39, 0.29) is 17.3 Å². The van der Waals surface area contributed by atoms with Crippen molar-refractivity contribution in [3.8, 4) is 17.0 Å². The molecular formula is C23H26F3N5O2. The molecule has 1 aromatic carbocycles. The van der Waals surface area contributed by atoms with Crippen LogP contribution in [0, 0.1) is 0 Å². The number of halogens is 3. The van der Waals surface area contributed by atoms with Gasteiger partial charge in [-0.3, -0.25) is 9.88 Å². The Hall–Kier alpha value is -2.98. The van der Waals surface area contributed by atoms with Crippen LogP contribution in [0.2, 0.25) is 0 Å². The highest BCUT2D eigenvalue weighted by Gasteiger charge is 2.31. The molecule has 0 unspecified atom stereocenters. The highest BCUT2D eigenvalue weighted by molar-refractivity contribution is 6.00. The second-order valence-electron chi connectivity index (χ2n) is 9.08. The molecule has 3 N–H and O–H groups in total. The van der Waals surface area contributed by atoms with Crippen molar-refractivity contribution in [1.29, 1.82) is 0 Å². The van der Waals surface area contributed by atoms with Crippen LogP contribution >= 0.6 is 0 Å². The number of hydrogen-bond donors (Lipinski definition) is 3. The number of aromatic hydroxyl groups is 1. The number of aliphatic hydroxyl groups is 1. The maximum absolute atomic E-state index is 13.0. The number of hydrogen-bond acceptors (Lipinski definition) is 7. The van der Waals surface area contributed by atoms with Gasteiger partial charge >= 0.3 is 6.18 Å².